The van der Waals surface area contributed by atoms with Crippen LogP contribution in [0.25, 0.3) is 0 Å². The van der Waals surface area contributed by atoms with Gasteiger partial charge in [0, 0.05) is 81.8 Å². The molecule has 1 unspecified atom stereocenters. The average Bonchev–Trinajstić information content (AvgIpc) is 3.25. The van der Waals surface area contributed by atoms with Gasteiger partial charge in [-0.25, -0.2) is 35.1 Å². The van der Waals surface area contributed by atoms with Crippen molar-refractivity contribution < 1.29 is 88.3 Å². The molecule has 0 amide bonds. The number of nitrogens with zero attached hydrogens (tertiary/aromatic N) is 1. The van der Waals surface area contributed by atoms with Gasteiger partial charge in [0.25, 0.3) is 0 Å². The molecule has 0 heterocycles. The monoisotopic (exact) mass is 1620 g/mol. The second-order valence-electron chi connectivity index (χ2n) is 19.9. The van der Waals surface area contributed by atoms with Crippen LogP contribution in [-0.2, 0) is 14.4 Å². The second kappa shape index (κ2) is 34.5. The number of halogens is 14. The van der Waals surface area contributed by atoms with Crippen molar-refractivity contribution in [2.45, 2.75) is 122 Å². The standard InChI is InChI=1S/C14H15BrF2O3.C14H17F2NO2.C13H17BrF2O2.C13H15BrF2O.I3/c1-7(18)11(13(19)20)12(14(2,3)17)8-4-9(15)6-10(16)5-8;1-14(2,16)13(11(7-18)8-19)10-3-9(6-17)4-12(15)5-10;1-13(2,16)12(9(6-17)7-18)8-3-10(14)5-11(15)4-8;1-8(17)4-12(13(2,3)16)9-5-10(14)7-11(15)6-9;1-3-2/h4-6,11-12H,1-3H3,(H,19,20);3-5,11,13,18-19H,7-8H2,1-2H3;3-5,9,12,17-18H,6-7H2,1-2H3;5-7,12H,4H2,1-3H3;/q;;;;-1/t11?,12-;13-;2*12-;/m1110./s1. The molecule has 0 radical (unpaired) electrons. The molecule has 23 heteroatoms. The number of carboxylic acids is 1. The Labute approximate surface area is 500 Å². The molecule has 77 heavy (non-hydrogen) atoms. The van der Waals surface area contributed by atoms with Crippen LogP contribution < -0.4 is 13.3 Å². The number of aliphatic carboxylic acids is 1. The maximum absolute atomic E-state index is 14.4. The Morgan fingerprint density at radius 3 is 1.10 bits per heavy atom. The number of hydrogen-bond donors (Lipinski definition) is 5. The van der Waals surface area contributed by atoms with Crippen molar-refractivity contribution in [1.29, 1.82) is 5.26 Å². The van der Waals surface area contributed by atoms with E-state index < -0.39 is 112 Å². The summed E-state index contributed by atoms with van der Waals surface area (Å²) in [5.74, 6) is -11.0. The van der Waals surface area contributed by atoms with E-state index in [9.17, 15) is 75.0 Å². The first-order valence-electron chi connectivity index (χ1n) is 23.1. The summed E-state index contributed by atoms with van der Waals surface area (Å²) < 4.78 is 112. The third-order valence-electron chi connectivity index (χ3n) is 11.6. The molecule has 0 saturated heterocycles. The first-order chi connectivity index (χ1) is 35.3. The fourth-order valence-corrected chi connectivity index (χ4v) is 10.2. The summed E-state index contributed by atoms with van der Waals surface area (Å²) in [5.41, 5.74) is -5.62. The van der Waals surface area contributed by atoms with Crippen LogP contribution in [0.5, 0.6) is 0 Å². The quantitative estimate of drug-likeness (QED) is 0.0347. The topological polar surface area (TPSA) is 176 Å². The third kappa shape index (κ3) is 26.7. The molecule has 432 valence electrons. The summed E-state index contributed by atoms with van der Waals surface area (Å²) in [6, 6.07) is 17.4. The van der Waals surface area contributed by atoms with Crippen molar-refractivity contribution in [1.82, 2.24) is 0 Å². The number of rotatable bonds is 19. The minimum atomic E-state index is -2.00. The molecule has 4 aromatic carbocycles. The van der Waals surface area contributed by atoms with Gasteiger partial charge < -0.3 is 30.3 Å². The van der Waals surface area contributed by atoms with Crippen LogP contribution >= 0.6 is 85.0 Å². The Balaban J connectivity index is 0.000000983. The second-order valence-corrected chi connectivity index (χ2v) is 38.9. The van der Waals surface area contributed by atoms with E-state index in [1.165, 1.54) is 105 Å². The summed E-state index contributed by atoms with van der Waals surface area (Å²) in [7, 11) is 0. The Bertz CT molecular complexity index is 2490. The number of carboxylic acid groups (broad SMARTS) is 1. The van der Waals surface area contributed by atoms with E-state index in [1.807, 2.05) is 0 Å². The summed E-state index contributed by atoms with van der Waals surface area (Å²) in [6.07, 6.45) is 0.0688. The molecule has 5 N–H and O–H groups in total. The van der Waals surface area contributed by atoms with Crippen molar-refractivity contribution >= 4 is 103 Å². The van der Waals surface area contributed by atoms with Crippen molar-refractivity contribution in [3.63, 3.8) is 0 Å². The Morgan fingerprint density at radius 1 is 0.545 bits per heavy atom. The van der Waals surface area contributed by atoms with Gasteiger partial charge in [0.15, 0.2) is 0 Å². The minimum absolute atomic E-state index is 0.0688. The van der Waals surface area contributed by atoms with E-state index in [4.69, 9.17) is 5.26 Å². The van der Waals surface area contributed by atoms with Crippen LogP contribution in [0.15, 0.2) is 86.2 Å². The van der Waals surface area contributed by atoms with Crippen molar-refractivity contribution in [3.8, 4) is 6.07 Å². The van der Waals surface area contributed by atoms with Gasteiger partial charge in [-0.2, -0.15) is 5.26 Å². The van der Waals surface area contributed by atoms with Crippen LogP contribution in [0.4, 0.5) is 35.1 Å². The first kappa shape index (κ1) is 75.1. The van der Waals surface area contributed by atoms with Gasteiger partial charge in [0.05, 0.1) is 11.6 Å². The molecule has 0 aliphatic carbocycles. The number of alkyl halides is 4. The van der Waals surface area contributed by atoms with Crippen LogP contribution in [0, 0.1) is 52.4 Å². The van der Waals surface area contributed by atoms with E-state index in [0.29, 0.717) is 37.8 Å². The molecule has 0 bridgehead atoms. The van der Waals surface area contributed by atoms with Gasteiger partial charge in [-0.05, 0) is 164 Å². The van der Waals surface area contributed by atoms with Crippen molar-refractivity contribution in [3.05, 3.63) is 137 Å². The molecule has 5 atom stereocenters. The molecular weight excluding hydrogens is 1560 g/mol. The number of ketones is 2. The number of Topliss-reactive ketones (excluding diaryl/α,β-unsaturated/α-hetero) is 2. The van der Waals surface area contributed by atoms with Crippen molar-refractivity contribution in [2.75, 3.05) is 26.4 Å². The number of aliphatic hydroxyl groups excluding tert-OH is 4. The van der Waals surface area contributed by atoms with Crippen LogP contribution in [-0.4, -0.2) is 92.2 Å². The SMILES string of the molecule is CC(=O)C(C(=O)O)[C@@H](c1cc(F)cc(Br)c1)C(C)(C)F.CC(=O)C[C@@H](c1cc(F)cc(Br)c1)C(C)(C)F.CC(C)(F)[C@H](c1cc(F)cc(Br)c1)C(CO)CO.CC(C)(F)[C@H](c1cc(F)cc(C#N)c1)C(CO)CO.I[I-]I. The van der Waals surface area contributed by atoms with Gasteiger partial charge in [-0.3, -0.25) is 9.59 Å². The first-order valence-corrected chi connectivity index (χ1v) is 38.1. The van der Waals surface area contributed by atoms with E-state index in [-0.39, 0.29) is 42.1 Å². The number of hydrogen-bond acceptors (Lipinski definition) is 8. The molecule has 4 aromatic rings. The molecule has 4 rings (SSSR count). The fraction of sp³-hybridized carbons (Fsp3) is 0.481. The van der Waals surface area contributed by atoms with Crippen LogP contribution in [0.2, 0.25) is 0 Å². The number of carbonyl (C=O) groups is 3. The van der Waals surface area contributed by atoms with Gasteiger partial charge in [-0.1, -0.05) is 47.8 Å². The number of nitriles is 1. The Kier molecular flexibility index (Phi) is 33.7. The van der Waals surface area contributed by atoms with Gasteiger partial charge in [-0.15, -0.1) is 0 Å². The molecule has 0 aliphatic rings. The zero-order chi connectivity index (χ0) is 60.1. The van der Waals surface area contributed by atoms with Crippen LogP contribution in [0.3, 0.4) is 0 Å². The summed E-state index contributed by atoms with van der Waals surface area (Å²) >= 11 is 14.7. The van der Waals surface area contributed by atoms with E-state index in [1.54, 1.807) is 18.2 Å². The summed E-state index contributed by atoms with van der Waals surface area (Å²) in [4.78, 5) is 34.0. The van der Waals surface area contributed by atoms with E-state index in [2.05, 4.69) is 85.0 Å². The molecule has 0 aliphatic heterocycles. The molecular formula is C54H64Br3F8I3NO8-. The normalized spacial score (nSPS) is 13.7. The number of benzene rings is 4. The molecule has 0 fully saturated rings. The maximum atomic E-state index is 14.4. The average molecular weight is 1630 g/mol. The molecule has 0 aromatic heterocycles. The molecule has 0 saturated carbocycles. The van der Waals surface area contributed by atoms with Crippen molar-refractivity contribution in [2.24, 2.45) is 17.8 Å². The van der Waals surface area contributed by atoms with Crippen LogP contribution in [0.1, 0.15) is 127 Å². The Hall–Kier alpha value is -1.91. The predicted octanol–water partition coefficient (Wildman–Crippen LogP) is 12.0. The summed E-state index contributed by atoms with van der Waals surface area (Å²) in [6.45, 7) is 11.4. The van der Waals surface area contributed by atoms with Gasteiger partial charge >= 0.3 is 56.5 Å². The van der Waals surface area contributed by atoms with E-state index in [0.717, 1.165) is 25.1 Å². The third-order valence-corrected chi connectivity index (χ3v) is 13.0. The van der Waals surface area contributed by atoms with Gasteiger partial charge in [0.2, 0.25) is 0 Å². The zero-order valence-electron chi connectivity index (χ0n) is 43.7. The Morgan fingerprint density at radius 2 is 0.844 bits per heavy atom. The van der Waals surface area contributed by atoms with E-state index >= 15 is 0 Å². The predicted molar refractivity (Wildman–Crippen MR) is 306 cm³/mol. The molecule has 9 nitrogen and oxygen atoms in total. The fourth-order valence-electron chi connectivity index (χ4n) is 8.72. The number of carbonyl (C=O) groups excluding carboxylic acids is 2. The molecule has 0 spiro atoms. The zero-order valence-corrected chi connectivity index (χ0v) is 54.9. The van der Waals surface area contributed by atoms with Gasteiger partial charge in [0.1, 0.15) is 63.4 Å². The summed E-state index contributed by atoms with van der Waals surface area (Å²) in [5, 5.41) is 54.9. The number of aliphatic hydroxyl groups is 4.